The molecule has 1 fully saturated rings. The van der Waals surface area contributed by atoms with Gasteiger partial charge in [-0.3, -0.25) is 9.59 Å². The van der Waals surface area contributed by atoms with Crippen LogP contribution in [0.4, 0.5) is 0 Å². The number of aliphatic hydroxyl groups excluding tert-OH is 1. The molecule has 1 aromatic heterocycles. The third-order valence-electron chi connectivity index (χ3n) is 3.90. The summed E-state index contributed by atoms with van der Waals surface area (Å²) in [6.07, 6.45) is 3.00. The van der Waals surface area contributed by atoms with Gasteiger partial charge in [-0.2, -0.15) is 0 Å². The smallest absolute Gasteiger partial charge is 0.242 e. The highest BCUT2D eigenvalue weighted by molar-refractivity contribution is 5.77. The Labute approximate surface area is 128 Å². The molecule has 2 atom stereocenters. The molecule has 0 spiro atoms. The molecule has 0 aromatic carbocycles. The summed E-state index contributed by atoms with van der Waals surface area (Å²) in [5.41, 5.74) is -1.51. The van der Waals surface area contributed by atoms with Crippen LogP contribution in [0.5, 0.6) is 0 Å². The maximum atomic E-state index is 12.3. The number of carbonyl (C=O) groups is 2. The van der Waals surface area contributed by atoms with Gasteiger partial charge in [-0.15, -0.1) is 0 Å². The number of imidazole rings is 1. The van der Waals surface area contributed by atoms with Crippen molar-refractivity contribution in [3.05, 3.63) is 18.2 Å². The maximum absolute atomic E-state index is 12.3. The zero-order chi connectivity index (χ0) is 16.3. The Hall–Kier alpha value is -1.93. The summed E-state index contributed by atoms with van der Waals surface area (Å²) in [5.74, 6) is 0.309. The molecule has 2 heterocycles. The largest absolute Gasteiger partial charge is 0.388 e. The van der Waals surface area contributed by atoms with Crippen LogP contribution in [0.2, 0.25) is 0 Å². The topological polar surface area (TPSA) is 108 Å². The Morgan fingerprint density at radius 1 is 1.55 bits per heavy atom. The normalized spacial score (nSPS) is 24.5. The van der Waals surface area contributed by atoms with Crippen molar-refractivity contribution in [3.63, 3.8) is 0 Å². The lowest BCUT2D eigenvalue weighted by molar-refractivity contribution is -0.131. The van der Waals surface area contributed by atoms with Gasteiger partial charge in [-0.25, -0.2) is 4.98 Å². The monoisotopic (exact) mass is 310 g/mol. The van der Waals surface area contributed by atoms with Crippen molar-refractivity contribution >= 4 is 11.8 Å². The van der Waals surface area contributed by atoms with E-state index in [2.05, 4.69) is 10.3 Å². The number of likely N-dealkylation sites (tertiary alicyclic amines) is 1. The lowest BCUT2D eigenvalue weighted by atomic mass is 10.0. The van der Waals surface area contributed by atoms with E-state index in [9.17, 15) is 19.8 Å². The quantitative estimate of drug-likeness (QED) is 0.614. The van der Waals surface area contributed by atoms with E-state index in [4.69, 9.17) is 0 Å². The Morgan fingerprint density at radius 2 is 2.27 bits per heavy atom. The Balaban J connectivity index is 1.99. The summed E-state index contributed by atoms with van der Waals surface area (Å²) in [6, 6.07) is 0. The van der Waals surface area contributed by atoms with E-state index in [1.165, 1.54) is 11.8 Å². The Morgan fingerprint density at radius 3 is 2.91 bits per heavy atom. The number of rotatable bonds is 5. The number of aryl methyl sites for hydroxylation is 1. The molecule has 0 radical (unpaired) electrons. The van der Waals surface area contributed by atoms with E-state index in [1.54, 1.807) is 17.0 Å². The minimum absolute atomic E-state index is 0.0105. The molecule has 0 aliphatic carbocycles. The minimum atomic E-state index is -1.51. The van der Waals surface area contributed by atoms with Gasteiger partial charge < -0.3 is 25.0 Å². The van der Waals surface area contributed by atoms with Crippen LogP contribution in [0.15, 0.2) is 12.4 Å². The fourth-order valence-electron chi connectivity index (χ4n) is 2.56. The summed E-state index contributed by atoms with van der Waals surface area (Å²) >= 11 is 0. The molecule has 0 bridgehead atoms. The van der Waals surface area contributed by atoms with Gasteiger partial charge in [0.25, 0.3) is 0 Å². The van der Waals surface area contributed by atoms with Crippen LogP contribution < -0.4 is 5.32 Å². The molecule has 0 unspecified atom stereocenters. The molecule has 2 rings (SSSR count). The molecular weight excluding hydrogens is 288 g/mol. The highest BCUT2D eigenvalue weighted by Crippen LogP contribution is 2.22. The molecule has 1 aliphatic heterocycles. The molecule has 1 aliphatic rings. The predicted molar refractivity (Wildman–Crippen MR) is 77.8 cm³/mol. The van der Waals surface area contributed by atoms with Gasteiger partial charge in [-0.05, 0) is 0 Å². The summed E-state index contributed by atoms with van der Waals surface area (Å²) in [4.78, 5) is 28.8. The summed E-state index contributed by atoms with van der Waals surface area (Å²) < 4.78 is 1.75. The number of amides is 2. The molecule has 1 saturated heterocycles. The standard InChI is InChI=1S/C14H22N4O4/c1-3-12-15-4-5-17(12)7-13(21)18-6-11(20)14(22,9-18)8-16-10(2)19/h4-5,11,20,22H,3,6-9H2,1-2H3,(H,16,19)/t11-,14+/m1/s1. The van der Waals surface area contributed by atoms with E-state index in [-0.39, 0.29) is 38.0 Å². The van der Waals surface area contributed by atoms with E-state index in [1.807, 2.05) is 6.92 Å². The van der Waals surface area contributed by atoms with Crippen molar-refractivity contribution in [2.24, 2.45) is 0 Å². The van der Waals surface area contributed by atoms with Gasteiger partial charge in [0.1, 0.15) is 24.1 Å². The van der Waals surface area contributed by atoms with Gasteiger partial charge in [0, 0.05) is 32.3 Å². The van der Waals surface area contributed by atoms with Crippen LogP contribution >= 0.6 is 0 Å². The second-order valence-corrected chi connectivity index (χ2v) is 5.63. The van der Waals surface area contributed by atoms with E-state index in [0.717, 1.165) is 12.2 Å². The molecule has 122 valence electrons. The number of β-amino-alcohol motifs (C(OH)–C–C–N with tert-alkyl or cyclic N) is 2. The van der Waals surface area contributed by atoms with Gasteiger partial charge in [0.2, 0.25) is 11.8 Å². The van der Waals surface area contributed by atoms with Crippen molar-refractivity contribution in [2.75, 3.05) is 19.6 Å². The van der Waals surface area contributed by atoms with Crippen LogP contribution in [-0.2, 0) is 22.6 Å². The highest BCUT2D eigenvalue weighted by atomic mass is 16.3. The van der Waals surface area contributed by atoms with Gasteiger partial charge >= 0.3 is 0 Å². The minimum Gasteiger partial charge on any atom is -0.388 e. The molecular formula is C14H22N4O4. The summed E-state index contributed by atoms with van der Waals surface area (Å²) in [7, 11) is 0. The number of hydrogen-bond donors (Lipinski definition) is 3. The number of hydrogen-bond acceptors (Lipinski definition) is 5. The van der Waals surface area contributed by atoms with Crippen LogP contribution in [-0.4, -0.2) is 67.8 Å². The first-order chi connectivity index (χ1) is 10.4. The molecule has 8 heteroatoms. The Kier molecular flexibility index (Phi) is 4.82. The molecule has 1 aromatic rings. The highest BCUT2D eigenvalue weighted by Gasteiger charge is 2.46. The molecule has 3 N–H and O–H groups in total. The predicted octanol–water partition coefficient (Wildman–Crippen LogP) is -1.48. The third kappa shape index (κ3) is 3.45. The maximum Gasteiger partial charge on any atom is 0.242 e. The zero-order valence-electron chi connectivity index (χ0n) is 12.8. The van der Waals surface area contributed by atoms with Crippen molar-refractivity contribution in [3.8, 4) is 0 Å². The van der Waals surface area contributed by atoms with E-state index < -0.39 is 11.7 Å². The van der Waals surface area contributed by atoms with Gasteiger partial charge in [0.15, 0.2) is 0 Å². The zero-order valence-corrected chi connectivity index (χ0v) is 12.8. The second kappa shape index (κ2) is 6.45. The van der Waals surface area contributed by atoms with Crippen molar-refractivity contribution in [2.45, 2.75) is 38.5 Å². The molecule has 22 heavy (non-hydrogen) atoms. The second-order valence-electron chi connectivity index (χ2n) is 5.63. The fourth-order valence-corrected chi connectivity index (χ4v) is 2.56. The first-order valence-electron chi connectivity index (χ1n) is 7.28. The third-order valence-corrected chi connectivity index (χ3v) is 3.90. The number of nitrogens with one attached hydrogen (secondary N) is 1. The first-order valence-corrected chi connectivity index (χ1v) is 7.28. The van der Waals surface area contributed by atoms with Crippen LogP contribution in [0.1, 0.15) is 19.7 Å². The number of carbonyl (C=O) groups excluding carboxylic acids is 2. The summed E-state index contributed by atoms with van der Waals surface area (Å²) in [6.45, 7) is 3.35. The number of aromatic nitrogens is 2. The summed E-state index contributed by atoms with van der Waals surface area (Å²) in [5, 5.41) is 22.8. The average molecular weight is 310 g/mol. The number of aliphatic hydroxyl groups is 2. The lowest BCUT2D eigenvalue weighted by Crippen LogP contribution is -2.51. The number of nitrogens with zero attached hydrogens (tertiary/aromatic N) is 3. The SMILES string of the molecule is CCc1nccn1CC(=O)N1C[C@@H](O)[C@](O)(CNC(C)=O)C1. The van der Waals surface area contributed by atoms with Crippen LogP contribution in [0.3, 0.4) is 0 Å². The Bertz CT molecular complexity index is 559. The fraction of sp³-hybridized carbons (Fsp3) is 0.643. The van der Waals surface area contributed by atoms with Crippen molar-refractivity contribution in [1.82, 2.24) is 19.8 Å². The first kappa shape index (κ1) is 16.4. The van der Waals surface area contributed by atoms with Gasteiger partial charge in [-0.1, -0.05) is 6.92 Å². The van der Waals surface area contributed by atoms with Crippen molar-refractivity contribution < 1.29 is 19.8 Å². The van der Waals surface area contributed by atoms with Gasteiger partial charge in [0.05, 0.1) is 13.1 Å². The lowest BCUT2D eigenvalue weighted by Gasteiger charge is -2.25. The molecule has 2 amide bonds. The van der Waals surface area contributed by atoms with E-state index in [0.29, 0.717) is 0 Å². The van der Waals surface area contributed by atoms with E-state index >= 15 is 0 Å². The average Bonchev–Trinajstić information content (AvgIpc) is 3.02. The molecule has 8 nitrogen and oxygen atoms in total. The van der Waals surface area contributed by atoms with Crippen LogP contribution in [0.25, 0.3) is 0 Å². The van der Waals surface area contributed by atoms with Crippen LogP contribution in [0, 0.1) is 0 Å². The van der Waals surface area contributed by atoms with Crippen molar-refractivity contribution in [1.29, 1.82) is 0 Å². The molecule has 0 saturated carbocycles.